The van der Waals surface area contributed by atoms with E-state index < -0.39 is 0 Å². The van der Waals surface area contributed by atoms with Crippen molar-refractivity contribution in [1.82, 2.24) is 5.32 Å². The Morgan fingerprint density at radius 1 is 1.26 bits per heavy atom. The fourth-order valence-electron chi connectivity index (χ4n) is 1.68. The number of nitrogens with one attached hydrogen (secondary N) is 1. The van der Waals surface area contributed by atoms with Crippen LogP contribution in [-0.4, -0.2) is 18.8 Å². The molecular formula is C14H15BrClNS2. The Balaban J connectivity index is 1.87. The molecule has 102 valence electrons. The van der Waals surface area contributed by atoms with E-state index in [1.54, 1.807) is 11.3 Å². The second-order valence-electron chi connectivity index (χ2n) is 4.16. The van der Waals surface area contributed by atoms with Crippen LogP contribution in [0.15, 0.2) is 45.8 Å². The van der Waals surface area contributed by atoms with Crippen LogP contribution in [0.2, 0.25) is 4.34 Å². The van der Waals surface area contributed by atoms with E-state index in [2.05, 4.69) is 51.6 Å². The molecule has 5 heteroatoms. The number of thiophene rings is 1. The highest BCUT2D eigenvalue weighted by molar-refractivity contribution is 9.10. The van der Waals surface area contributed by atoms with Gasteiger partial charge in [0.05, 0.1) is 4.34 Å². The molecular weight excluding hydrogens is 362 g/mol. The molecule has 2 rings (SSSR count). The molecule has 0 aliphatic rings. The third-order valence-corrected chi connectivity index (χ3v) is 5.71. The van der Waals surface area contributed by atoms with Crippen molar-refractivity contribution >= 4 is 50.6 Å². The summed E-state index contributed by atoms with van der Waals surface area (Å²) < 4.78 is 1.99. The molecule has 1 aromatic heterocycles. The zero-order chi connectivity index (χ0) is 13.7. The van der Waals surface area contributed by atoms with Gasteiger partial charge < -0.3 is 5.32 Å². The molecule has 1 nitrogen and oxygen atoms in total. The number of halogens is 2. The summed E-state index contributed by atoms with van der Waals surface area (Å²) in [6.07, 6.45) is 1.03. The maximum atomic E-state index is 5.96. The van der Waals surface area contributed by atoms with Gasteiger partial charge in [0.2, 0.25) is 0 Å². The Hall–Kier alpha value is -0.0000000000000000278. The number of thioether (sulfide) groups is 1. The SMILES string of the molecule is CNC(CSc1ccc(Br)cc1)Cc1ccc(Cl)s1. The molecule has 0 spiro atoms. The molecule has 1 heterocycles. The van der Waals surface area contributed by atoms with E-state index in [0.29, 0.717) is 6.04 Å². The van der Waals surface area contributed by atoms with Gasteiger partial charge >= 0.3 is 0 Å². The molecule has 0 amide bonds. The maximum absolute atomic E-state index is 5.96. The van der Waals surface area contributed by atoms with Crippen LogP contribution >= 0.6 is 50.6 Å². The zero-order valence-corrected chi connectivity index (χ0v) is 14.5. The zero-order valence-electron chi connectivity index (χ0n) is 10.5. The van der Waals surface area contributed by atoms with Crippen LogP contribution in [0.4, 0.5) is 0 Å². The van der Waals surface area contributed by atoms with Crippen LogP contribution in [0.3, 0.4) is 0 Å². The third-order valence-electron chi connectivity index (χ3n) is 2.75. The Morgan fingerprint density at radius 3 is 2.58 bits per heavy atom. The minimum absolute atomic E-state index is 0.461. The topological polar surface area (TPSA) is 12.0 Å². The second kappa shape index (κ2) is 7.70. The van der Waals surface area contributed by atoms with Gasteiger partial charge in [0, 0.05) is 26.0 Å². The lowest BCUT2D eigenvalue weighted by Gasteiger charge is -2.14. The molecule has 0 radical (unpaired) electrons. The van der Waals surface area contributed by atoms with Crippen LogP contribution in [0.1, 0.15) is 4.88 Å². The molecule has 0 bridgehead atoms. The molecule has 0 saturated heterocycles. The average molecular weight is 377 g/mol. The minimum Gasteiger partial charge on any atom is -0.316 e. The first-order chi connectivity index (χ1) is 9.17. The summed E-state index contributed by atoms with van der Waals surface area (Å²) in [7, 11) is 2.02. The summed E-state index contributed by atoms with van der Waals surface area (Å²) in [4.78, 5) is 2.63. The van der Waals surface area contributed by atoms with Crippen molar-refractivity contribution in [2.75, 3.05) is 12.8 Å². The van der Waals surface area contributed by atoms with Crippen molar-refractivity contribution in [2.24, 2.45) is 0 Å². The molecule has 19 heavy (non-hydrogen) atoms. The van der Waals surface area contributed by atoms with Crippen LogP contribution < -0.4 is 5.32 Å². The second-order valence-corrected chi connectivity index (χ2v) is 7.97. The summed E-state index contributed by atoms with van der Waals surface area (Å²) in [6, 6.07) is 13.0. The first kappa shape index (κ1) is 15.4. The molecule has 1 unspecified atom stereocenters. The van der Waals surface area contributed by atoms with Gasteiger partial charge in [0.25, 0.3) is 0 Å². The minimum atomic E-state index is 0.461. The van der Waals surface area contributed by atoms with Crippen molar-refractivity contribution in [1.29, 1.82) is 0 Å². The van der Waals surface area contributed by atoms with Gasteiger partial charge in [0.1, 0.15) is 0 Å². The third kappa shape index (κ3) is 5.12. The monoisotopic (exact) mass is 375 g/mol. The van der Waals surface area contributed by atoms with Gasteiger partial charge in [-0.05, 0) is 49.9 Å². The Kier molecular flexibility index (Phi) is 6.23. The quantitative estimate of drug-likeness (QED) is 0.705. The van der Waals surface area contributed by atoms with E-state index in [1.807, 2.05) is 24.9 Å². The summed E-state index contributed by atoms with van der Waals surface area (Å²) in [5.74, 6) is 1.05. The molecule has 0 saturated carbocycles. The first-order valence-electron chi connectivity index (χ1n) is 5.97. The fraction of sp³-hybridized carbons (Fsp3) is 0.286. The molecule has 0 fully saturated rings. The number of likely N-dealkylation sites (N-methyl/N-ethyl adjacent to an activating group) is 1. The Morgan fingerprint density at radius 2 is 2.00 bits per heavy atom. The molecule has 1 N–H and O–H groups in total. The van der Waals surface area contributed by atoms with E-state index in [9.17, 15) is 0 Å². The highest BCUT2D eigenvalue weighted by Crippen LogP contribution is 2.25. The van der Waals surface area contributed by atoms with Gasteiger partial charge in [-0.15, -0.1) is 23.1 Å². The van der Waals surface area contributed by atoms with E-state index in [-0.39, 0.29) is 0 Å². The first-order valence-corrected chi connectivity index (χ1v) is 8.94. The maximum Gasteiger partial charge on any atom is 0.0931 e. The van der Waals surface area contributed by atoms with Gasteiger partial charge in [-0.3, -0.25) is 0 Å². The lowest BCUT2D eigenvalue weighted by Crippen LogP contribution is -2.29. The molecule has 0 aliphatic carbocycles. The van der Waals surface area contributed by atoms with Gasteiger partial charge in [0.15, 0.2) is 0 Å². The highest BCUT2D eigenvalue weighted by atomic mass is 79.9. The van der Waals surface area contributed by atoms with Gasteiger partial charge in [-0.25, -0.2) is 0 Å². The van der Waals surface area contributed by atoms with Crippen LogP contribution in [0.25, 0.3) is 0 Å². The Bertz CT molecular complexity index is 512. The summed E-state index contributed by atoms with van der Waals surface area (Å²) in [5, 5.41) is 3.37. The van der Waals surface area contributed by atoms with Crippen molar-refractivity contribution in [3.63, 3.8) is 0 Å². The smallest absolute Gasteiger partial charge is 0.0931 e. The average Bonchev–Trinajstić information content (AvgIpc) is 2.82. The van der Waals surface area contributed by atoms with Gasteiger partial charge in [-0.1, -0.05) is 27.5 Å². The highest BCUT2D eigenvalue weighted by Gasteiger charge is 2.09. The van der Waals surface area contributed by atoms with Crippen molar-refractivity contribution in [3.05, 3.63) is 50.1 Å². The normalized spacial score (nSPS) is 12.6. The number of benzene rings is 1. The van der Waals surface area contributed by atoms with Gasteiger partial charge in [-0.2, -0.15) is 0 Å². The lowest BCUT2D eigenvalue weighted by molar-refractivity contribution is 0.622. The number of rotatable bonds is 6. The summed E-state index contributed by atoms with van der Waals surface area (Å²) >= 11 is 13.0. The predicted molar refractivity (Wildman–Crippen MR) is 90.7 cm³/mol. The Labute approximate surface area is 135 Å². The largest absolute Gasteiger partial charge is 0.316 e. The van der Waals surface area contributed by atoms with E-state index >= 15 is 0 Å². The molecule has 1 atom stereocenters. The van der Waals surface area contributed by atoms with Crippen LogP contribution in [0.5, 0.6) is 0 Å². The predicted octanol–water partition coefficient (Wildman–Crippen LogP) is 5.09. The standard InChI is InChI=1S/C14H15BrClNS2/c1-17-11(8-13-6-7-14(16)19-13)9-18-12-4-2-10(15)3-5-12/h2-7,11,17H,8-9H2,1H3. The van der Waals surface area contributed by atoms with Crippen molar-refractivity contribution < 1.29 is 0 Å². The number of hydrogen-bond acceptors (Lipinski definition) is 3. The van der Waals surface area contributed by atoms with E-state index in [0.717, 1.165) is 21.0 Å². The molecule has 1 aromatic carbocycles. The molecule has 2 aromatic rings. The summed E-state index contributed by atoms with van der Waals surface area (Å²) in [5.41, 5.74) is 0. The van der Waals surface area contributed by atoms with Crippen molar-refractivity contribution in [2.45, 2.75) is 17.4 Å². The van der Waals surface area contributed by atoms with E-state index in [4.69, 9.17) is 11.6 Å². The van der Waals surface area contributed by atoms with Crippen molar-refractivity contribution in [3.8, 4) is 0 Å². The summed E-state index contributed by atoms with van der Waals surface area (Å²) in [6.45, 7) is 0. The van der Waals surface area contributed by atoms with Crippen LogP contribution in [-0.2, 0) is 6.42 Å². The van der Waals surface area contributed by atoms with Crippen LogP contribution in [0, 0.1) is 0 Å². The fourth-order valence-corrected chi connectivity index (χ4v) is 4.11. The number of hydrogen-bond donors (Lipinski definition) is 1. The van der Waals surface area contributed by atoms with E-state index in [1.165, 1.54) is 9.77 Å². The lowest BCUT2D eigenvalue weighted by atomic mass is 10.2. The molecule has 0 aliphatic heterocycles.